The Hall–Kier alpha value is -2.60. The van der Waals surface area contributed by atoms with Crippen molar-refractivity contribution in [3.8, 4) is 5.75 Å². The van der Waals surface area contributed by atoms with E-state index in [0.717, 1.165) is 5.56 Å². The van der Waals surface area contributed by atoms with E-state index < -0.39 is 18.0 Å². The third-order valence-electron chi connectivity index (χ3n) is 3.30. The van der Waals surface area contributed by atoms with Crippen LogP contribution in [0.1, 0.15) is 12.5 Å². The quantitative estimate of drug-likeness (QED) is 0.730. The number of hydrogen-bond donors (Lipinski definition) is 3. The van der Waals surface area contributed by atoms with Gasteiger partial charge in [-0.1, -0.05) is 30.3 Å². The molecule has 0 fully saturated rings. The SMILES string of the molecule is CCOc1cc(F)ccc1NC(=O)NCC(O)Cc1ccccc1. The molecule has 0 saturated heterocycles. The van der Waals surface area contributed by atoms with Gasteiger partial charge in [0.25, 0.3) is 0 Å². The van der Waals surface area contributed by atoms with Gasteiger partial charge in [-0.2, -0.15) is 0 Å². The Morgan fingerprint density at radius 1 is 1.25 bits per heavy atom. The van der Waals surface area contributed by atoms with Gasteiger partial charge in [-0.3, -0.25) is 0 Å². The van der Waals surface area contributed by atoms with Gasteiger partial charge in [0.15, 0.2) is 0 Å². The Morgan fingerprint density at radius 2 is 2.00 bits per heavy atom. The van der Waals surface area contributed by atoms with Crippen LogP contribution in [0.3, 0.4) is 0 Å². The average molecular weight is 332 g/mol. The molecule has 0 aromatic heterocycles. The number of carbonyl (C=O) groups is 1. The number of benzene rings is 2. The predicted molar refractivity (Wildman–Crippen MR) is 90.7 cm³/mol. The molecule has 0 heterocycles. The molecule has 128 valence electrons. The predicted octanol–water partition coefficient (Wildman–Crippen LogP) is 2.95. The van der Waals surface area contributed by atoms with Crippen molar-refractivity contribution in [1.82, 2.24) is 5.32 Å². The number of hydrogen-bond acceptors (Lipinski definition) is 3. The molecule has 2 aromatic rings. The Morgan fingerprint density at radius 3 is 2.71 bits per heavy atom. The van der Waals surface area contributed by atoms with Gasteiger partial charge in [-0.05, 0) is 24.6 Å². The van der Waals surface area contributed by atoms with E-state index in [9.17, 15) is 14.3 Å². The van der Waals surface area contributed by atoms with Crippen LogP contribution in [-0.2, 0) is 6.42 Å². The molecule has 3 N–H and O–H groups in total. The summed E-state index contributed by atoms with van der Waals surface area (Å²) in [6.07, 6.45) is -0.250. The second-order valence-corrected chi connectivity index (χ2v) is 5.25. The fraction of sp³-hybridized carbons (Fsp3) is 0.278. The van der Waals surface area contributed by atoms with Crippen molar-refractivity contribution in [2.75, 3.05) is 18.5 Å². The summed E-state index contributed by atoms with van der Waals surface area (Å²) in [6, 6.07) is 12.9. The number of aliphatic hydroxyl groups is 1. The Bertz CT molecular complexity index is 665. The average Bonchev–Trinajstić information content (AvgIpc) is 2.57. The van der Waals surface area contributed by atoms with Crippen molar-refractivity contribution in [2.24, 2.45) is 0 Å². The van der Waals surface area contributed by atoms with E-state index in [1.165, 1.54) is 18.2 Å². The van der Waals surface area contributed by atoms with Crippen LogP contribution < -0.4 is 15.4 Å². The van der Waals surface area contributed by atoms with Crippen molar-refractivity contribution in [3.05, 3.63) is 59.9 Å². The lowest BCUT2D eigenvalue weighted by atomic mass is 10.1. The summed E-state index contributed by atoms with van der Waals surface area (Å²) in [5.41, 5.74) is 1.36. The minimum absolute atomic E-state index is 0.103. The van der Waals surface area contributed by atoms with Crippen LogP contribution in [0.15, 0.2) is 48.5 Å². The van der Waals surface area contributed by atoms with Crippen molar-refractivity contribution < 1.29 is 19.0 Å². The maximum absolute atomic E-state index is 13.2. The first-order chi connectivity index (χ1) is 11.6. The van der Waals surface area contributed by atoms with Crippen LogP contribution in [0.2, 0.25) is 0 Å². The molecule has 0 spiro atoms. The largest absolute Gasteiger partial charge is 0.492 e. The van der Waals surface area contributed by atoms with Gasteiger partial charge in [0, 0.05) is 19.0 Å². The molecule has 0 aliphatic carbocycles. The van der Waals surface area contributed by atoms with Gasteiger partial charge >= 0.3 is 6.03 Å². The number of rotatable bonds is 7. The number of halogens is 1. The number of nitrogens with one attached hydrogen (secondary N) is 2. The number of aliphatic hydroxyl groups excluding tert-OH is 1. The highest BCUT2D eigenvalue weighted by Crippen LogP contribution is 2.25. The molecule has 2 rings (SSSR count). The van der Waals surface area contributed by atoms with E-state index in [0.29, 0.717) is 18.7 Å². The molecular formula is C18H21FN2O3. The van der Waals surface area contributed by atoms with Gasteiger partial charge in [0.2, 0.25) is 0 Å². The highest BCUT2D eigenvalue weighted by Gasteiger charge is 2.11. The van der Waals surface area contributed by atoms with Crippen LogP contribution in [0.5, 0.6) is 5.75 Å². The monoisotopic (exact) mass is 332 g/mol. The maximum Gasteiger partial charge on any atom is 0.319 e. The van der Waals surface area contributed by atoms with Gasteiger partial charge < -0.3 is 20.5 Å². The van der Waals surface area contributed by atoms with Gasteiger partial charge in [-0.15, -0.1) is 0 Å². The minimum atomic E-state index is -0.697. The molecule has 1 atom stereocenters. The summed E-state index contributed by atoms with van der Waals surface area (Å²) in [7, 11) is 0. The molecular weight excluding hydrogens is 311 g/mol. The van der Waals surface area contributed by atoms with Crippen molar-refractivity contribution in [1.29, 1.82) is 0 Å². The molecule has 0 saturated carbocycles. The molecule has 0 radical (unpaired) electrons. The van der Waals surface area contributed by atoms with Crippen LogP contribution >= 0.6 is 0 Å². The number of urea groups is 1. The number of amides is 2. The molecule has 0 bridgehead atoms. The van der Waals surface area contributed by atoms with E-state index in [-0.39, 0.29) is 12.3 Å². The smallest absolute Gasteiger partial charge is 0.319 e. The lowest BCUT2D eigenvalue weighted by Crippen LogP contribution is -2.36. The van der Waals surface area contributed by atoms with Crippen molar-refractivity contribution in [3.63, 3.8) is 0 Å². The highest BCUT2D eigenvalue weighted by atomic mass is 19.1. The highest BCUT2D eigenvalue weighted by molar-refractivity contribution is 5.90. The van der Waals surface area contributed by atoms with Crippen molar-refractivity contribution >= 4 is 11.7 Å². The molecule has 2 aromatic carbocycles. The van der Waals surface area contributed by atoms with Gasteiger partial charge in [-0.25, -0.2) is 9.18 Å². The Balaban J connectivity index is 1.85. The summed E-state index contributed by atoms with van der Waals surface area (Å²) in [5, 5.41) is 15.2. The molecule has 0 aliphatic rings. The molecule has 24 heavy (non-hydrogen) atoms. The minimum Gasteiger partial charge on any atom is -0.492 e. The van der Waals surface area contributed by atoms with Crippen LogP contribution in [-0.4, -0.2) is 30.4 Å². The number of ether oxygens (including phenoxy) is 1. The van der Waals surface area contributed by atoms with E-state index in [4.69, 9.17) is 4.74 Å². The summed E-state index contributed by atoms with van der Waals surface area (Å²) in [5.74, 6) is -0.180. The molecule has 1 unspecified atom stereocenters. The molecule has 2 amide bonds. The normalized spacial score (nSPS) is 11.6. The summed E-state index contributed by atoms with van der Waals surface area (Å²) in [4.78, 5) is 11.9. The summed E-state index contributed by atoms with van der Waals surface area (Å²) in [6.45, 7) is 2.23. The third kappa shape index (κ3) is 5.55. The second kappa shape index (κ2) is 8.88. The molecule has 6 heteroatoms. The van der Waals surface area contributed by atoms with Crippen LogP contribution in [0.25, 0.3) is 0 Å². The Kier molecular flexibility index (Phi) is 6.57. The topological polar surface area (TPSA) is 70.6 Å². The zero-order valence-corrected chi connectivity index (χ0v) is 13.5. The van der Waals surface area contributed by atoms with E-state index in [1.807, 2.05) is 30.3 Å². The van der Waals surface area contributed by atoms with E-state index >= 15 is 0 Å². The second-order valence-electron chi connectivity index (χ2n) is 5.25. The zero-order chi connectivity index (χ0) is 17.4. The van der Waals surface area contributed by atoms with E-state index in [2.05, 4.69) is 10.6 Å². The van der Waals surface area contributed by atoms with Crippen LogP contribution in [0, 0.1) is 5.82 Å². The lowest BCUT2D eigenvalue weighted by molar-refractivity contribution is 0.172. The molecule has 5 nitrogen and oxygen atoms in total. The first kappa shape index (κ1) is 17.7. The fourth-order valence-electron chi connectivity index (χ4n) is 2.21. The number of anilines is 1. The lowest BCUT2D eigenvalue weighted by Gasteiger charge is -2.14. The summed E-state index contributed by atoms with van der Waals surface area (Å²) < 4.78 is 18.5. The van der Waals surface area contributed by atoms with Crippen LogP contribution in [0.4, 0.5) is 14.9 Å². The zero-order valence-electron chi connectivity index (χ0n) is 13.5. The van der Waals surface area contributed by atoms with Crippen molar-refractivity contribution in [2.45, 2.75) is 19.4 Å². The fourth-order valence-corrected chi connectivity index (χ4v) is 2.21. The first-order valence-corrected chi connectivity index (χ1v) is 7.77. The van der Waals surface area contributed by atoms with Gasteiger partial charge in [0.05, 0.1) is 18.4 Å². The summed E-state index contributed by atoms with van der Waals surface area (Å²) >= 11 is 0. The van der Waals surface area contributed by atoms with Gasteiger partial charge in [0.1, 0.15) is 11.6 Å². The maximum atomic E-state index is 13.2. The Labute approximate surface area is 140 Å². The molecule has 0 aliphatic heterocycles. The standard InChI is InChI=1S/C18H21FN2O3/c1-2-24-17-11-14(19)8-9-16(17)21-18(23)20-12-15(22)10-13-6-4-3-5-7-13/h3-9,11,15,22H,2,10,12H2,1H3,(H2,20,21,23). The van der Waals surface area contributed by atoms with E-state index in [1.54, 1.807) is 6.92 Å². The first-order valence-electron chi connectivity index (χ1n) is 7.77. The number of carbonyl (C=O) groups excluding carboxylic acids is 1. The third-order valence-corrected chi connectivity index (χ3v) is 3.30.